The van der Waals surface area contributed by atoms with E-state index < -0.39 is 32.7 Å². The molecule has 1 aliphatic carbocycles. The fraction of sp³-hybridized carbons (Fsp3) is 0.462. The summed E-state index contributed by atoms with van der Waals surface area (Å²) in [5, 5.41) is 27.7. The van der Waals surface area contributed by atoms with E-state index in [1.807, 2.05) is 0 Å². The fourth-order valence-corrected chi connectivity index (χ4v) is 3.43. The number of aromatic hydroxyl groups is 1. The summed E-state index contributed by atoms with van der Waals surface area (Å²) in [5.74, 6) is -1.88. The van der Waals surface area contributed by atoms with E-state index in [1.54, 1.807) is 0 Å². The van der Waals surface area contributed by atoms with Gasteiger partial charge in [0.25, 0.3) is 0 Å². The summed E-state index contributed by atoms with van der Waals surface area (Å²) < 4.78 is 26.9. The van der Waals surface area contributed by atoms with Gasteiger partial charge in [-0.3, -0.25) is 0 Å². The molecule has 0 heterocycles. The molecule has 1 aromatic rings. The number of phenols is 1. The maximum Gasteiger partial charge on any atom is 0.339 e. The quantitative estimate of drug-likeness (QED) is 0.604. The highest BCUT2D eigenvalue weighted by atomic mass is 32.2. The Morgan fingerprint density at radius 2 is 2.00 bits per heavy atom. The third-order valence-corrected chi connectivity index (χ3v) is 5.29. The van der Waals surface area contributed by atoms with Crippen molar-refractivity contribution >= 4 is 16.0 Å². The molecule has 7 nitrogen and oxygen atoms in total. The van der Waals surface area contributed by atoms with Gasteiger partial charge in [-0.25, -0.2) is 17.9 Å². The summed E-state index contributed by atoms with van der Waals surface area (Å²) in [7, 11) is -3.90. The average Bonchev–Trinajstić information content (AvgIpc) is 3.16. The smallest absolute Gasteiger partial charge is 0.339 e. The topological polar surface area (TPSA) is 124 Å². The number of hydrogen-bond acceptors (Lipinski definition) is 5. The van der Waals surface area contributed by atoms with Crippen LogP contribution in [0.15, 0.2) is 17.0 Å². The van der Waals surface area contributed by atoms with E-state index in [0.29, 0.717) is 0 Å². The third kappa shape index (κ3) is 3.17. The van der Waals surface area contributed by atoms with Crippen LogP contribution in [0.3, 0.4) is 0 Å². The number of hydrogen-bond donors (Lipinski definition) is 4. The lowest BCUT2D eigenvalue weighted by atomic mass is 10.1. The van der Waals surface area contributed by atoms with Crippen LogP contribution < -0.4 is 4.72 Å². The molecule has 2 rings (SSSR count). The predicted octanol–water partition coefficient (Wildman–Crippen LogP) is 0.450. The first-order valence-corrected chi connectivity index (χ1v) is 7.86. The van der Waals surface area contributed by atoms with E-state index in [-0.39, 0.29) is 23.6 Å². The van der Waals surface area contributed by atoms with Gasteiger partial charge in [0.2, 0.25) is 10.0 Å². The Labute approximate surface area is 122 Å². The Kier molecular flexibility index (Phi) is 3.96. The van der Waals surface area contributed by atoms with Gasteiger partial charge in [0.1, 0.15) is 11.3 Å². The molecule has 1 saturated carbocycles. The van der Waals surface area contributed by atoms with Crippen LogP contribution >= 0.6 is 0 Å². The van der Waals surface area contributed by atoms with Crippen LogP contribution in [0.1, 0.15) is 28.8 Å². The van der Waals surface area contributed by atoms with Crippen LogP contribution in [0, 0.1) is 12.3 Å². The second-order valence-electron chi connectivity index (χ2n) is 5.42. The molecule has 0 bridgehead atoms. The lowest BCUT2D eigenvalue weighted by molar-refractivity contribution is 0.0693. The zero-order valence-electron chi connectivity index (χ0n) is 11.5. The van der Waals surface area contributed by atoms with Crippen molar-refractivity contribution < 1.29 is 28.5 Å². The number of aliphatic hydroxyl groups excluding tert-OH is 1. The molecule has 116 valence electrons. The van der Waals surface area contributed by atoms with Gasteiger partial charge >= 0.3 is 5.97 Å². The van der Waals surface area contributed by atoms with Crippen molar-refractivity contribution in [1.29, 1.82) is 0 Å². The summed E-state index contributed by atoms with van der Waals surface area (Å²) in [4.78, 5) is 10.8. The molecule has 21 heavy (non-hydrogen) atoms. The SMILES string of the molecule is Cc1cc(O)c(C(=O)O)cc1S(=O)(=O)NCC1(CO)CC1. The van der Waals surface area contributed by atoms with Gasteiger partial charge in [-0.2, -0.15) is 0 Å². The van der Waals surface area contributed by atoms with Gasteiger partial charge in [0, 0.05) is 18.6 Å². The van der Waals surface area contributed by atoms with Crippen molar-refractivity contribution in [3.8, 4) is 5.75 Å². The number of carboxylic acid groups (broad SMARTS) is 1. The summed E-state index contributed by atoms with van der Waals surface area (Å²) in [6, 6.07) is 2.05. The van der Waals surface area contributed by atoms with Crippen molar-refractivity contribution in [3.05, 3.63) is 23.3 Å². The van der Waals surface area contributed by atoms with Crippen molar-refractivity contribution in [3.63, 3.8) is 0 Å². The number of carboxylic acids is 1. The number of sulfonamides is 1. The Balaban J connectivity index is 2.31. The Morgan fingerprint density at radius 1 is 1.38 bits per heavy atom. The molecule has 1 aliphatic rings. The molecule has 1 aromatic carbocycles. The minimum Gasteiger partial charge on any atom is -0.507 e. The van der Waals surface area contributed by atoms with Crippen molar-refractivity contribution in [2.24, 2.45) is 5.41 Å². The first-order valence-electron chi connectivity index (χ1n) is 6.38. The van der Waals surface area contributed by atoms with E-state index in [9.17, 15) is 23.4 Å². The Bertz CT molecular complexity index is 678. The van der Waals surface area contributed by atoms with Crippen molar-refractivity contribution in [1.82, 2.24) is 4.72 Å². The zero-order chi connectivity index (χ0) is 15.8. The number of carbonyl (C=O) groups is 1. The highest BCUT2D eigenvalue weighted by Crippen LogP contribution is 2.44. The minimum absolute atomic E-state index is 0.0928. The molecule has 8 heteroatoms. The number of aliphatic hydroxyl groups is 1. The lowest BCUT2D eigenvalue weighted by Crippen LogP contribution is -2.32. The van der Waals surface area contributed by atoms with Gasteiger partial charge in [-0.05, 0) is 37.5 Å². The molecule has 0 unspecified atom stereocenters. The van der Waals surface area contributed by atoms with Crippen molar-refractivity contribution in [2.75, 3.05) is 13.2 Å². The second kappa shape index (κ2) is 5.28. The highest BCUT2D eigenvalue weighted by molar-refractivity contribution is 7.89. The molecule has 0 spiro atoms. The number of aryl methyl sites for hydroxylation is 1. The standard InChI is InChI=1S/C13H17NO6S/c1-8-4-10(16)9(12(17)18)5-11(8)21(19,20)14-6-13(7-15)2-3-13/h4-5,14-16H,2-3,6-7H2,1H3,(H,17,18). The molecule has 4 N–H and O–H groups in total. The molecule has 0 aromatic heterocycles. The summed E-state index contributed by atoms with van der Waals surface area (Å²) in [5.41, 5.74) is -0.615. The number of benzene rings is 1. The Morgan fingerprint density at radius 3 is 2.48 bits per heavy atom. The average molecular weight is 315 g/mol. The molecular weight excluding hydrogens is 298 g/mol. The molecular formula is C13H17NO6S. The number of nitrogens with one attached hydrogen (secondary N) is 1. The minimum atomic E-state index is -3.90. The van der Waals surface area contributed by atoms with Gasteiger partial charge in [0.15, 0.2) is 0 Å². The van der Waals surface area contributed by atoms with Crippen molar-refractivity contribution in [2.45, 2.75) is 24.7 Å². The van der Waals surface area contributed by atoms with Crippen LogP contribution in [0.2, 0.25) is 0 Å². The van der Waals surface area contributed by atoms with E-state index in [0.717, 1.165) is 25.0 Å². The molecule has 1 fully saturated rings. The maximum absolute atomic E-state index is 12.3. The second-order valence-corrected chi connectivity index (χ2v) is 7.16. The molecule has 0 aliphatic heterocycles. The van der Waals surface area contributed by atoms with E-state index in [4.69, 9.17) is 5.11 Å². The summed E-state index contributed by atoms with van der Waals surface area (Å²) >= 11 is 0. The van der Waals surface area contributed by atoms with Crippen LogP contribution in [-0.4, -0.2) is 42.9 Å². The van der Waals surface area contributed by atoms with Gasteiger partial charge < -0.3 is 15.3 Å². The fourth-order valence-electron chi connectivity index (χ4n) is 2.03. The highest BCUT2D eigenvalue weighted by Gasteiger charge is 2.42. The van der Waals surface area contributed by atoms with Gasteiger partial charge in [-0.15, -0.1) is 0 Å². The monoisotopic (exact) mass is 315 g/mol. The number of aromatic carboxylic acids is 1. The first-order chi connectivity index (χ1) is 9.71. The maximum atomic E-state index is 12.3. The van der Waals surface area contributed by atoms with E-state index in [1.165, 1.54) is 6.92 Å². The van der Waals surface area contributed by atoms with Crippen LogP contribution in [0.25, 0.3) is 0 Å². The zero-order valence-corrected chi connectivity index (χ0v) is 12.3. The van der Waals surface area contributed by atoms with Gasteiger partial charge in [0.05, 0.1) is 4.90 Å². The summed E-state index contributed by atoms with van der Waals surface area (Å²) in [6.07, 6.45) is 1.50. The van der Waals surface area contributed by atoms with E-state index >= 15 is 0 Å². The molecule has 0 saturated heterocycles. The molecule has 0 atom stereocenters. The largest absolute Gasteiger partial charge is 0.507 e. The first kappa shape index (κ1) is 15.7. The molecule has 0 radical (unpaired) electrons. The van der Waals surface area contributed by atoms with Gasteiger partial charge in [-0.1, -0.05) is 0 Å². The normalized spacial score (nSPS) is 16.7. The number of rotatable bonds is 6. The predicted molar refractivity (Wildman–Crippen MR) is 73.7 cm³/mol. The lowest BCUT2D eigenvalue weighted by Gasteiger charge is -2.15. The summed E-state index contributed by atoms with van der Waals surface area (Å²) in [6.45, 7) is 1.48. The molecule has 0 amide bonds. The van der Waals surface area contributed by atoms with Crippen LogP contribution in [0.4, 0.5) is 0 Å². The van der Waals surface area contributed by atoms with E-state index in [2.05, 4.69) is 4.72 Å². The Hall–Kier alpha value is -1.64. The van der Waals surface area contributed by atoms with Crippen LogP contribution in [0.5, 0.6) is 5.75 Å². The van der Waals surface area contributed by atoms with Crippen LogP contribution in [-0.2, 0) is 10.0 Å². The third-order valence-electron chi connectivity index (χ3n) is 3.74.